The van der Waals surface area contributed by atoms with E-state index in [-0.39, 0.29) is 61.9 Å². The standard InChI is InChI=1S/C31H38FN5O10S2/c1-48(43,44)21-7-5-18(6-8-21)15-36-16-20-12-23(36)31(42)35-9-10-37(49(45,46)22-4-2-3-19(32)11-22)24(17-35)30(41)33-14-26-29(40)28(39)25(47-26)13-27(38)34-20/h2-8,11,20,23-26,28-29,39-40H,9-10,12-17H2,1H3,(H,33,41)(H,34,38)/t20-,23-,24-,25-,26+,28-,29+/m0/s1. The van der Waals surface area contributed by atoms with E-state index in [1.165, 1.54) is 29.2 Å². The highest BCUT2D eigenvalue weighted by molar-refractivity contribution is 7.90. The molecule has 2 aromatic rings. The van der Waals surface area contributed by atoms with Crippen molar-refractivity contribution in [1.29, 1.82) is 0 Å². The number of hydrogen-bond donors (Lipinski definition) is 4. The van der Waals surface area contributed by atoms with Crippen molar-refractivity contribution in [3.63, 3.8) is 0 Å². The van der Waals surface area contributed by atoms with Gasteiger partial charge in [0.1, 0.15) is 30.2 Å². The van der Waals surface area contributed by atoms with Gasteiger partial charge in [-0.15, -0.1) is 0 Å². The van der Waals surface area contributed by atoms with Crippen molar-refractivity contribution >= 4 is 37.6 Å². The largest absolute Gasteiger partial charge is 0.388 e. The topological polar surface area (TPSA) is 203 Å². The molecule has 2 aromatic carbocycles. The fraction of sp³-hybridized carbons (Fsp3) is 0.516. The van der Waals surface area contributed by atoms with Gasteiger partial charge < -0.3 is 30.5 Å². The first-order valence-electron chi connectivity index (χ1n) is 15.8. The van der Waals surface area contributed by atoms with Gasteiger partial charge in [-0.1, -0.05) is 18.2 Å². The summed E-state index contributed by atoms with van der Waals surface area (Å²) in [7, 11) is -7.85. The van der Waals surface area contributed by atoms with E-state index in [2.05, 4.69) is 10.6 Å². The minimum absolute atomic E-state index is 0.0834. The second-order valence-electron chi connectivity index (χ2n) is 12.9. The van der Waals surface area contributed by atoms with Crippen LogP contribution in [0.2, 0.25) is 0 Å². The van der Waals surface area contributed by atoms with Crippen LogP contribution in [-0.2, 0) is 45.5 Å². The number of hydrogen-bond acceptors (Lipinski definition) is 11. The Bertz CT molecular complexity index is 1830. The number of benzene rings is 2. The number of rotatable bonds is 5. The first-order chi connectivity index (χ1) is 23.1. The highest BCUT2D eigenvalue weighted by Gasteiger charge is 2.48. The number of carbonyl (C=O) groups excluding carboxylic acids is 3. The fourth-order valence-electron chi connectivity index (χ4n) is 6.91. The molecule has 4 N–H and O–H groups in total. The van der Waals surface area contributed by atoms with Gasteiger partial charge in [-0.3, -0.25) is 19.3 Å². The number of piperazine rings is 1. The molecule has 18 heteroatoms. The Morgan fingerprint density at radius 3 is 2.33 bits per heavy atom. The fourth-order valence-corrected chi connectivity index (χ4v) is 9.14. The number of carbonyl (C=O) groups is 3. The molecular weight excluding hydrogens is 685 g/mol. The summed E-state index contributed by atoms with van der Waals surface area (Å²) in [6.07, 6.45) is -4.14. The van der Waals surface area contributed by atoms with Gasteiger partial charge in [0, 0.05) is 51.6 Å². The van der Waals surface area contributed by atoms with Gasteiger partial charge in [0.05, 0.1) is 28.4 Å². The Labute approximate surface area is 283 Å². The number of likely N-dealkylation sites (tertiary alicyclic amines) is 1. The predicted octanol–water partition coefficient (Wildman–Crippen LogP) is -1.80. The summed E-state index contributed by atoms with van der Waals surface area (Å²) >= 11 is 0. The third-order valence-electron chi connectivity index (χ3n) is 9.46. The lowest BCUT2D eigenvalue weighted by Crippen LogP contribution is -2.63. The summed E-state index contributed by atoms with van der Waals surface area (Å²) in [6.45, 7) is -0.602. The zero-order valence-electron chi connectivity index (χ0n) is 26.5. The Hall–Kier alpha value is -3.52. The van der Waals surface area contributed by atoms with Crippen LogP contribution < -0.4 is 10.6 Å². The summed E-state index contributed by atoms with van der Waals surface area (Å²) < 4.78 is 72.2. The van der Waals surface area contributed by atoms with Gasteiger partial charge in [-0.2, -0.15) is 4.31 Å². The molecule has 3 amide bonds. The molecule has 6 bridgehead atoms. The molecule has 0 saturated carbocycles. The number of halogens is 1. The number of nitrogens with zero attached hydrogens (tertiary/aromatic N) is 3. The van der Waals surface area contributed by atoms with Crippen LogP contribution in [0, 0.1) is 5.82 Å². The summed E-state index contributed by atoms with van der Waals surface area (Å²) in [6, 6.07) is 7.83. The van der Waals surface area contributed by atoms with Gasteiger partial charge in [0.15, 0.2) is 9.84 Å². The van der Waals surface area contributed by atoms with Gasteiger partial charge in [0.2, 0.25) is 27.7 Å². The molecule has 4 aliphatic rings. The molecule has 0 radical (unpaired) electrons. The molecule has 6 rings (SSSR count). The first-order valence-corrected chi connectivity index (χ1v) is 19.1. The zero-order chi connectivity index (χ0) is 35.2. The van der Waals surface area contributed by atoms with E-state index in [0.29, 0.717) is 5.56 Å². The van der Waals surface area contributed by atoms with Crippen molar-refractivity contribution in [2.75, 3.05) is 39.0 Å². The molecule has 0 spiro atoms. The maximum Gasteiger partial charge on any atom is 0.244 e. The molecule has 49 heavy (non-hydrogen) atoms. The average molecular weight is 724 g/mol. The monoisotopic (exact) mass is 723 g/mol. The number of ether oxygens (including phenoxy) is 1. The van der Waals surface area contributed by atoms with Crippen LogP contribution >= 0.6 is 0 Å². The van der Waals surface area contributed by atoms with Crippen molar-refractivity contribution in [2.45, 2.75) is 71.7 Å². The molecular formula is C31H38FN5O10S2. The van der Waals surface area contributed by atoms with E-state index < -0.39 is 85.9 Å². The highest BCUT2D eigenvalue weighted by atomic mass is 32.2. The van der Waals surface area contributed by atoms with Crippen LogP contribution in [0.1, 0.15) is 18.4 Å². The summed E-state index contributed by atoms with van der Waals surface area (Å²) in [4.78, 5) is 44.0. The highest BCUT2D eigenvalue weighted by Crippen LogP contribution is 2.29. The lowest BCUT2D eigenvalue weighted by Gasteiger charge is -2.41. The van der Waals surface area contributed by atoms with Gasteiger partial charge in [-0.05, 0) is 42.3 Å². The Balaban J connectivity index is 1.32. The van der Waals surface area contributed by atoms with Crippen LogP contribution in [0.3, 0.4) is 0 Å². The summed E-state index contributed by atoms with van der Waals surface area (Å²) in [5.41, 5.74) is 0.703. The maximum atomic E-state index is 14.2. The number of nitrogens with one attached hydrogen (secondary N) is 2. The smallest absolute Gasteiger partial charge is 0.244 e. The molecule has 0 unspecified atom stereocenters. The second-order valence-corrected chi connectivity index (χ2v) is 16.8. The van der Waals surface area contributed by atoms with Crippen LogP contribution in [0.5, 0.6) is 0 Å². The summed E-state index contributed by atoms with van der Waals surface area (Å²) in [5, 5.41) is 26.7. The van der Waals surface area contributed by atoms with E-state index >= 15 is 0 Å². The van der Waals surface area contributed by atoms with Crippen molar-refractivity contribution < 1.29 is 50.6 Å². The lowest BCUT2D eigenvalue weighted by molar-refractivity contribution is -0.140. The summed E-state index contributed by atoms with van der Waals surface area (Å²) in [5.74, 6) is -2.46. The number of aliphatic hydroxyl groups excluding tert-OH is 2. The normalized spacial score (nSPS) is 30.7. The molecule has 15 nitrogen and oxygen atoms in total. The molecule has 4 heterocycles. The predicted molar refractivity (Wildman–Crippen MR) is 169 cm³/mol. The third-order valence-corrected chi connectivity index (χ3v) is 12.5. The molecule has 7 atom stereocenters. The molecule has 0 aromatic heterocycles. The van der Waals surface area contributed by atoms with Gasteiger partial charge in [-0.25, -0.2) is 21.2 Å². The third kappa shape index (κ3) is 7.35. The van der Waals surface area contributed by atoms with Gasteiger partial charge in [0.25, 0.3) is 0 Å². The molecule has 4 fully saturated rings. The van der Waals surface area contributed by atoms with Crippen molar-refractivity contribution in [2.24, 2.45) is 0 Å². The van der Waals surface area contributed by atoms with E-state index in [1.807, 2.05) is 4.90 Å². The van der Waals surface area contributed by atoms with Crippen molar-refractivity contribution in [3.05, 3.63) is 59.9 Å². The quantitative estimate of drug-likeness (QED) is 0.271. The van der Waals surface area contributed by atoms with Crippen LogP contribution in [0.4, 0.5) is 4.39 Å². The number of sulfonamides is 1. The maximum absolute atomic E-state index is 14.2. The van der Waals surface area contributed by atoms with E-state index in [4.69, 9.17) is 4.74 Å². The molecule has 4 saturated heterocycles. The average Bonchev–Trinajstić information content (AvgIpc) is 3.57. The Morgan fingerprint density at radius 1 is 0.918 bits per heavy atom. The minimum Gasteiger partial charge on any atom is -0.388 e. The van der Waals surface area contributed by atoms with Crippen molar-refractivity contribution in [3.8, 4) is 0 Å². The Morgan fingerprint density at radius 2 is 1.63 bits per heavy atom. The minimum atomic E-state index is -4.41. The van der Waals surface area contributed by atoms with E-state index in [9.17, 15) is 45.8 Å². The van der Waals surface area contributed by atoms with Crippen LogP contribution in [0.15, 0.2) is 58.3 Å². The number of sulfone groups is 1. The second kappa shape index (κ2) is 13.7. The molecule has 266 valence electrons. The van der Waals surface area contributed by atoms with E-state index in [1.54, 1.807) is 12.1 Å². The molecule has 4 aliphatic heterocycles. The van der Waals surface area contributed by atoms with E-state index in [0.717, 1.165) is 22.7 Å². The first kappa shape index (κ1) is 35.3. The van der Waals surface area contributed by atoms with Crippen molar-refractivity contribution in [1.82, 2.24) is 24.7 Å². The van der Waals surface area contributed by atoms with Crippen LogP contribution in [0.25, 0.3) is 0 Å². The Kier molecular flexibility index (Phi) is 9.84. The number of fused-ring (bicyclic) bond motifs is 6. The zero-order valence-corrected chi connectivity index (χ0v) is 28.1. The number of aliphatic hydroxyl groups is 2. The van der Waals surface area contributed by atoms with Crippen LogP contribution in [-0.4, -0.2) is 140 Å². The van der Waals surface area contributed by atoms with Gasteiger partial charge >= 0.3 is 0 Å². The lowest BCUT2D eigenvalue weighted by atomic mass is 10.0. The number of amides is 3. The SMILES string of the molecule is CS(=O)(=O)c1ccc(CN2C[C@@H]3C[C@H]2C(=O)N2CCN(S(=O)(=O)c4cccc(F)c4)[C@@H](C2)C(=O)NC[C@H]2O[C@@H](CC(=O)N3)[C@H](O)[C@@H]2O)cc1. The molecule has 0 aliphatic carbocycles.